The monoisotopic (exact) mass is 603 g/mol. The number of hydrogen-bond acceptors (Lipinski definition) is 11. The lowest BCUT2D eigenvalue weighted by atomic mass is 10.1. The van der Waals surface area contributed by atoms with Crippen LogP contribution in [0.4, 0.5) is 5.13 Å². The van der Waals surface area contributed by atoms with E-state index in [9.17, 15) is 27.9 Å². The fourth-order valence-electron chi connectivity index (χ4n) is 4.19. The topological polar surface area (TPSA) is 191 Å². The summed E-state index contributed by atoms with van der Waals surface area (Å²) in [4.78, 5) is 44.0. The summed E-state index contributed by atoms with van der Waals surface area (Å²) in [5.74, 6) is -3.54. The minimum atomic E-state index is -3.39. The average molecular weight is 604 g/mol. The molecule has 1 aromatic carbocycles. The van der Waals surface area contributed by atoms with E-state index < -0.39 is 45.0 Å². The molecule has 41 heavy (non-hydrogen) atoms. The van der Waals surface area contributed by atoms with Gasteiger partial charge in [-0.15, -0.1) is 0 Å². The Hall–Kier alpha value is -3.92. The Labute approximate surface area is 238 Å². The lowest BCUT2D eigenvalue weighted by molar-refractivity contribution is -0.136. The summed E-state index contributed by atoms with van der Waals surface area (Å²) in [7, 11) is -3.39. The summed E-state index contributed by atoms with van der Waals surface area (Å²) in [6.07, 6.45) is 3.56. The van der Waals surface area contributed by atoms with Crippen molar-refractivity contribution in [2.45, 2.75) is 48.0 Å². The highest BCUT2D eigenvalue weighted by Crippen LogP contribution is 2.35. The van der Waals surface area contributed by atoms with Crippen LogP contribution < -0.4 is 10.1 Å². The van der Waals surface area contributed by atoms with Gasteiger partial charge in [0.2, 0.25) is 5.06 Å². The standard InChI is InChI=1S/C26H25N3O10S2/c30-23(29-26-28-13-20(40-26)38-16-11-19(24(31)32)21(25(33)34)27-12-16)22(39-15-7-9-37-10-8-15)14-1-3-17(4-2-14)41(35,36)18-5-6-18/h1-4,11-13,15,18,22H,5-10H2,(H,31,32)(H,33,34)(H,28,29,30). The molecule has 0 bridgehead atoms. The number of carbonyl (C=O) groups excluding carboxylic acids is 1. The number of aromatic nitrogens is 2. The van der Waals surface area contributed by atoms with Gasteiger partial charge < -0.3 is 24.4 Å². The van der Waals surface area contributed by atoms with Gasteiger partial charge in [0.25, 0.3) is 5.91 Å². The largest absolute Gasteiger partial charge is 0.478 e. The first-order valence-electron chi connectivity index (χ1n) is 12.6. The molecule has 1 aliphatic carbocycles. The molecule has 13 nitrogen and oxygen atoms in total. The maximum absolute atomic E-state index is 13.4. The number of pyridine rings is 1. The van der Waals surface area contributed by atoms with Crippen molar-refractivity contribution in [2.75, 3.05) is 18.5 Å². The maximum atomic E-state index is 13.4. The highest BCUT2D eigenvalue weighted by molar-refractivity contribution is 7.92. The summed E-state index contributed by atoms with van der Waals surface area (Å²) in [6.45, 7) is 0.993. The van der Waals surface area contributed by atoms with Gasteiger partial charge in [0.15, 0.2) is 26.8 Å². The van der Waals surface area contributed by atoms with E-state index in [2.05, 4.69) is 15.3 Å². The van der Waals surface area contributed by atoms with Gasteiger partial charge in [-0.25, -0.2) is 28.0 Å². The van der Waals surface area contributed by atoms with E-state index in [4.69, 9.17) is 19.3 Å². The predicted molar refractivity (Wildman–Crippen MR) is 143 cm³/mol. The lowest BCUT2D eigenvalue weighted by Gasteiger charge is -2.27. The molecule has 1 atom stereocenters. The number of anilines is 1. The number of carbonyl (C=O) groups is 3. The molecule has 1 saturated carbocycles. The molecule has 1 aliphatic heterocycles. The Morgan fingerprint density at radius 3 is 2.34 bits per heavy atom. The number of nitrogens with one attached hydrogen (secondary N) is 1. The molecule has 2 aliphatic rings. The Balaban J connectivity index is 1.32. The van der Waals surface area contributed by atoms with Gasteiger partial charge >= 0.3 is 11.9 Å². The van der Waals surface area contributed by atoms with Crippen molar-refractivity contribution in [3.05, 3.63) is 59.5 Å². The molecule has 3 heterocycles. The van der Waals surface area contributed by atoms with Gasteiger partial charge in [-0.05, 0) is 49.4 Å². The van der Waals surface area contributed by atoms with Crippen LogP contribution in [0.25, 0.3) is 0 Å². The second-order valence-electron chi connectivity index (χ2n) is 9.39. The van der Waals surface area contributed by atoms with Crippen molar-refractivity contribution in [3.8, 4) is 10.8 Å². The Kier molecular flexibility index (Phi) is 8.30. The van der Waals surface area contributed by atoms with E-state index in [-0.39, 0.29) is 32.2 Å². The van der Waals surface area contributed by atoms with Gasteiger partial charge in [0.05, 0.1) is 34.2 Å². The number of thiazole rings is 1. The van der Waals surface area contributed by atoms with Crippen LogP contribution in [0.2, 0.25) is 0 Å². The van der Waals surface area contributed by atoms with E-state index in [1.54, 1.807) is 12.1 Å². The quantitative estimate of drug-likeness (QED) is 0.289. The molecule has 216 valence electrons. The average Bonchev–Trinajstić information content (AvgIpc) is 3.74. The number of aromatic carboxylic acids is 2. The number of ether oxygens (including phenoxy) is 3. The SMILES string of the molecule is O=C(O)c1cc(Oc2cnc(NC(=O)C(OC3CCOCC3)c3ccc(S(=O)(=O)C4CC4)cc3)s2)cnc1C(=O)O. The smallest absolute Gasteiger partial charge is 0.355 e. The zero-order valence-corrected chi connectivity index (χ0v) is 23.0. The van der Waals surface area contributed by atoms with Gasteiger partial charge in [0.1, 0.15) is 5.75 Å². The first-order chi connectivity index (χ1) is 19.6. The third-order valence-corrected chi connectivity index (χ3v) is 9.51. The van der Waals surface area contributed by atoms with Crippen molar-refractivity contribution in [1.82, 2.24) is 9.97 Å². The fraction of sp³-hybridized carbons (Fsp3) is 0.346. The first kappa shape index (κ1) is 28.6. The molecule has 1 unspecified atom stereocenters. The minimum Gasteiger partial charge on any atom is -0.478 e. The Morgan fingerprint density at radius 2 is 1.71 bits per heavy atom. The third-order valence-electron chi connectivity index (χ3n) is 6.44. The van der Waals surface area contributed by atoms with E-state index in [0.717, 1.165) is 23.6 Å². The predicted octanol–water partition coefficient (Wildman–Crippen LogP) is 3.54. The van der Waals surface area contributed by atoms with Crippen LogP contribution >= 0.6 is 11.3 Å². The number of rotatable bonds is 11. The fourth-order valence-corrected chi connectivity index (χ4v) is 6.53. The van der Waals surface area contributed by atoms with E-state index >= 15 is 0 Å². The number of carboxylic acid groups (broad SMARTS) is 2. The summed E-state index contributed by atoms with van der Waals surface area (Å²) < 4.78 is 42.3. The summed E-state index contributed by atoms with van der Waals surface area (Å²) in [5, 5.41) is 21.1. The Morgan fingerprint density at radius 1 is 1.00 bits per heavy atom. The van der Waals surface area contributed by atoms with E-state index in [0.29, 0.717) is 44.5 Å². The van der Waals surface area contributed by atoms with Gasteiger partial charge in [-0.2, -0.15) is 0 Å². The molecule has 3 aromatic rings. The van der Waals surface area contributed by atoms with Gasteiger partial charge in [-0.3, -0.25) is 10.1 Å². The number of sulfone groups is 1. The zero-order valence-electron chi connectivity index (χ0n) is 21.4. The number of nitrogens with zero attached hydrogens (tertiary/aromatic N) is 2. The molecule has 5 rings (SSSR count). The number of benzene rings is 1. The highest BCUT2D eigenvalue weighted by Gasteiger charge is 2.37. The van der Waals surface area contributed by atoms with E-state index in [1.807, 2.05) is 0 Å². The summed E-state index contributed by atoms with van der Waals surface area (Å²) in [5.41, 5.74) is -0.699. The minimum absolute atomic E-state index is 0.0316. The molecular formula is C26H25N3O10S2. The van der Waals surface area contributed by atoms with E-state index in [1.165, 1.54) is 18.3 Å². The van der Waals surface area contributed by atoms with Crippen molar-refractivity contribution < 1.29 is 47.2 Å². The summed E-state index contributed by atoms with van der Waals surface area (Å²) >= 11 is 0.944. The van der Waals surface area contributed by atoms with Crippen molar-refractivity contribution >= 4 is 44.2 Å². The molecular weight excluding hydrogens is 578 g/mol. The van der Waals surface area contributed by atoms with Crippen molar-refractivity contribution in [1.29, 1.82) is 0 Å². The number of carboxylic acids is 2. The van der Waals surface area contributed by atoms with Crippen molar-refractivity contribution in [2.24, 2.45) is 0 Å². The second kappa shape index (κ2) is 11.9. The van der Waals surface area contributed by atoms with Gasteiger partial charge in [-0.1, -0.05) is 23.5 Å². The highest BCUT2D eigenvalue weighted by atomic mass is 32.2. The Bertz CT molecular complexity index is 1560. The molecule has 2 aromatic heterocycles. The van der Waals surface area contributed by atoms with Crippen molar-refractivity contribution in [3.63, 3.8) is 0 Å². The maximum Gasteiger partial charge on any atom is 0.355 e. The molecule has 0 radical (unpaired) electrons. The lowest BCUT2D eigenvalue weighted by Crippen LogP contribution is -2.31. The molecule has 3 N–H and O–H groups in total. The van der Waals surface area contributed by atoms with Crippen LogP contribution in [0.15, 0.2) is 47.6 Å². The number of amides is 1. The normalized spacial score (nSPS) is 16.6. The van der Waals surface area contributed by atoms with Crippen LogP contribution in [0, 0.1) is 0 Å². The van der Waals surface area contributed by atoms with Gasteiger partial charge in [0, 0.05) is 13.2 Å². The summed E-state index contributed by atoms with van der Waals surface area (Å²) in [6, 6.07) is 7.15. The molecule has 2 fully saturated rings. The van der Waals surface area contributed by atoms with Crippen LogP contribution in [-0.2, 0) is 24.1 Å². The van der Waals surface area contributed by atoms with Crippen LogP contribution in [0.1, 0.15) is 58.2 Å². The number of hydrogen-bond donors (Lipinski definition) is 3. The zero-order chi connectivity index (χ0) is 29.1. The molecule has 1 amide bonds. The first-order valence-corrected chi connectivity index (χ1v) is 15.0. The second-order valence-corrected chi connectivity index (χ2v) is 12.6. The van der Waals surface area contributed by atoms with Crippen LogP contribution in [0.5, 0.6) is 10.8 Å². The molecule has 1 saturated heterocycles. The van der Waals surface area contributed by atoms with Crippen LogP contribution in [-0.4, -0.2) is 71.0 Å². The van der Waals surface area contributed by atoms with Crippen LogP contribution in [0.3, 0.4) is 0 Å². The molecule has 15 heteroatoms. The third kappa shape index (κ3) is 6.70. The molecule has 0 spiro atoms.